The van der Waals surface area contributed by atoms with Crippen molar-refractivity contribution in [3.05, 3.63) is 35.1 Å². The summed E-state index contributed by atoms with van der Waals surface area (Å²) >= 11 is 0. The van der Waals surface area contributed by atoms with E-state index in [1.807, 2.05) is 27.7 Å². The number of amides is 1. The summed E-state index contributed by atoms with van der Waals surface area (Å²) < 4.78 is 13.2. The van der Waals surface area contributed by atoms with Crippen LogP contribution >= 0.6 is 0 Å². The van der Waals surface area contributed by atoms with Crippen LogP contribution in [0.4, 0.5) is 4.39 Å². The zero-order valence-electron chi connectivity index (χ0n) is 12.0. The number of carbonyl (C=O) groups excluding carboxylic acids is 2. The van der Waals surface area contributed by atoms with E-state index in [2.05, 4.69) is 0 Å². The Morgan fingerprint density at radius 3 is 2.00 bits per heavy atom. The second-order valence-corrected chi connectivity index (χ2v) is 5.15. The van der Waals surface area contributed by atoms with Crippen LogP contribution in [0.3, 0.4) is 0 Å². The lowest BCUT2D eigenvalue weighted by molar-refractivity contribution is 0.0640. The SMILES string of the molecule is CC(=O)c1cc(F)ccc1C(=O)N(C(C)C)C(C)C. The smallest absolute Gasteiger partial charge is 0.255 e. The monoisotopic (exact) mass is 265 g/mol. The molecule has 1 rings (SSSR count). The highest BCUT2D eigenvalue weighted by Crippen LogP contribution is 2.18. The number of hydrogen-bond acceptors (Lipinski definition) is 2. The highest BCUT2D eigenvalue weighted by Gasteiger charge is 2.24. The first-order chi connectivity index (χ1) is 8.75. The van der Waals surface area contributed by atoms with Gasteiger partial charge in [0.1, 0.15) is 5.82 Å². The molecule has 104 valence electrons. The van der Waals surface area contributed by atoms with Gasteiger partial charge in [-0.05, 0) is 52.8 Å². The summed E-state index contributed by atoms with van der Waals surface area (Å²) in [6.07, 6.45) is 0. The summed E-state index contributed by atoms with van der Waals surface area (Å²) in [6, 6.07) is 3.73. The molecular formula is C15H20FNO2. The molecule has 0 saturated carbocycles. The highest BCUT2D eigenvalue weighted by atomic mass is 19.1. The van der Waals surface area contributed by atoms with Gasteiger partial charge in [-0.15, -0.1) is 0 Å². The maximum atomic E-state index is 13.2. The van der Waals surface area contributed by atoms with Crippen molar-refractivity contribution in [2.75, 3.05) is 0 Å². The second-order valence-electron chi connectivity index (χ2n) is 5.15. The van der Waals surface area contributed by atoms with Crippen LogP contribution in [0.15, 0.2) is 18.2 Å². The van der Waals surface area contributed by atoms with Crippen LogP contribution in [-0.4, -0.2) is 28.7 Å². The molecule has 0 aliphatic carbocycles. The van der Waals surface area contributed by atoms with Crippen molar-refractivity contribution < 1.29 is 14.0 Å². The standard InChI is InChI=1S/C15H20FNO2/c1-9(2)17(10(3)4)15(19)13-7-6-12(16)8-14(13)11(5)18/h6-10H,1-5H3. The fraction of sp³-hybridized carbons (Fsp3) is 0.467. The fourth-order valence-electron chi connectivity index (χ4n) is 2.20. The Labute approximate surface area is 113 Å². The molecule has 1 aromatic carbocycles. The van der Waals surface area contributed by atoms with Crippen molar-refractivity contribution in [1.82, 2.24) is 4.90 Å². The van der Waals surface area contributed by atoms with Crippen LogP contribution in [-0.2, 0) is 0 Å². The van der Waals surface area contributed by atoms with Gasteiger partial charge in [-0.1, -0.05) is 0 Å². The number of halogens is 1. The van der Waals surface area contributed by atoms with Crippen molar-refractivity contribution in [3.8, 4) is 0 Å². The predicted molar refractivity (Wildman–Crippen MR) is 72.8 cm³/mol. The van der Waals surface area contributed by atoms with E-state index in [1.165, 1.54) is 19.1 Å². The maximum absolute atomic E-state index is 13.2. The van der Waals surface area contributed by atoms with Crippen LogP contribution in [0.5, 0.6) is 0 Å². The minimum Gasteiger partial charge on any atom is -0.334 e. The second kappa shape index (κ2) is 5.95. The van der Waals surface area contributed by atoms with Gasteiger partial charge < -0.3 is 4.90 Å². The third-order valence-electron chi connectivity index (χ3n) is 2.94. The van der Waals surface area contributed by atoms with E-state index in [9.17, 15) is 14.0 Å². The molecule has 0 fully saturated rings. The number of nitrogens with zero attached hydrogens (tertiary/aromatic N) is 1. The lowest BCUT2D eigenvalue weighted by atomic mass is 10.0. The van der Waals surface area contributed by atoms with Crippen molar-refractivity contribution in [1.29, 1.82) is 0 Å². The normalized spacial score (nSPS) is 10.9. The first-order valence-corrected chi connectivity index (χ1v) is 6.38. The molecule has 3 nitrogen and oxygen atoms in total. The molecule has 1 amide bonds. The lowest BCUT2D eigenvalue weighted by Gasteiger charge is -2.31. The van der Waals surface area contributed by atoms with E-state index >= 15 is 0 Å². The Hall–Kier alpha value is -1.71. The quantitative estimate of drug-likeness (QED) is 0.783. The van der Waals surface area contributed by atoms with Crippen LogP contribution in [0.25, 0.3) is 0 Å². The molecule has 0 bridgehead atoms. The molecule has 0 aliphatic rings. The van der Waals surface area contributed by atoms with Gasteiger partial charge in [0.15, 0.2) is 5.78 Å². The van der Waals surface area contributed by atoms with E-state index in [0.29, 0.717) is 0 Å². The van der Waals surface area contributed by atoms with E-state index < -0.39 is 5.82 Å². The van der Waals surface area contributed by atoms with E-state index in [4.69, 9.17) is 0 Å². The van der Waals surface area contributed by atoms with Gasteiger partial charge in [-0.2, -0.15) is 0 Å². The molecule has 0 unspecified atom stereocenters. The first-order valence-electron chi connectivity index (χ1n) is 6.38. The van der Waals surface area contributed by atoms with Crippen LogP contribution in [0, 0.1) is 5.82 Å². The molecule has 0 spiro atoms. The Balaban J connectivity index is 3.29. The Morgan fingerprint density at radius 2 is 1.58 bits per heavy atom. The van der Waals surface area contributed by atoms with Gasteiger partial charge in [0, 0.05) is 17.6 Å². The number of hydrogen-bond donors (Lipinski definition) is 0. The zero-order valence-corrected chi connectivity index (χ0v) is 12.0. The van der Waals surface area contributed by atoms with Crippen molar-refractivity contribution >= 4 is 11.7 Å². The number of ketones is 1. The molecule has 0 aliphatic heterocycles. The van der Waals surface area contributed by atoms with Gasteiger partial charge in [0.25, 0.3) is 5.91 Å². The highest BCUT2D eigenvalue weighted by molar-refractivity contribution is 6.07. The van der Waals surface area contributed by atoms with Gasteiger partial charge in [-0.3, -0.25) is 9.59 Å². The third kappa shape index (κ3) is 3.40. The van der Waals surface area contributed by atoms with Crippen LogP contribution < -0.4 is 0 Å². The van der Waals surface area contributed by atoms with Gasteiger partial charge >= 0.3 is 0 Å². The summed E-state index contributed by atoms with van der Waals surface area (Å²) in [5.41, 5.74) is 0.396. The molecule has 0 atom stereocenters. The van der Waals surface area contributed by atoms with E-state index in [-0.39, 0.29) is 34.9 Å². The maximum Gasteiger partial charge on any atom is 0.255 e. The minimum atomic E-state index is -0.512. The molecule has 4 heteroatoms. The topological polar surface area (TPSA) is 37.4 Å². The molecule has 1 aromatic rings. The van der Waals surface area contributed by atoms with Crippen molar-refractivity contribution in [3.63, 3.8) is 0 Å². The van der Waals surface area contributed by atoms with Crippen molar-refractivity contribution in [2.45, 2.75) is 46.7 Å². The number of Topliss-reactive ketones (excluding diaryl/α,β-unsaturated/α-hetero) is 1. The Kier molecular flexibility index (Phi) is 4.81. The minimum absolute atomic E-state index is 0.0114. The molecule has 0 radical (unpaired) electrons. The van der Waals surface area contributed by atoms with Gasteiger partial charge in [0.2, 0.25) is 0 Å². The predicted octanol–water partition coefficient (Wildman–Crippen LogP) is 3.29. The molecular weight excluding hydrogens is 245 g/mol. The summed E-state index contributed by atoms with van der Waals surface area (Å²) in [4.78, 5) is 25.7. The van der Waals surface area contributed by atoms with E-state index in [0.717, 1.165) is 6.07 Å². The van der Waals surface area contributed by atoms with Crippen LogP contribution in [0.1, 0.15) is 55.3 Å². The zero-order chi connectivity index (χ0) is 14.7. The molecule has 0 aromatic heterocycles. The summed E-state index contributed by atoms with van der Waals surface area (Å²) in [7, 11) is 0. The molecule has 19 heavy (non-hydrogen) atoms. The lowest BCUT2D eigenvalue weighted by Crippen LogP contribution is -2.42. The fourth-order valence-corrected chi connectivity index (χ4v) is 2.20. The molecule has 0 saturated heterocycles. The van der Waals surface area contributed by atoms with Gasteiger partial charge in [-0.25, -0.2) is 4.39 Å². The Bertz CT molecular complexity index is 487. The van der Waals surface area contributed by atoms with E-state index in [1.54, 1.807) is 4.90 Å². The first kappa shape index (κ1) is 15.3. The van der Waals surface area contributed by atoms with Gasteiger partial charge in [0.05, 0.1) is 5.56 Å². The number of carbonyl (C=O) groups is 2. The summed E-state index contributed by atoms with van der Waals surface area (Å²) in [6.45, 7) is 8.98. The average molecular weight is 265 g/mol. The number of benzene rings is 1. The molecule has 0 heterocycles. The number of rotatable bonds is 4. The molecule has 0 N–H and O–H groups in total. The summed E-state index contributed by atoms with van der Waals surface area (Å²) in [5, 5.41) is 0. The largest absolute Gasteiger partial charge is 0.334 e. The van der Waals surface area contributed by atoms with Crippen LogP contribution in [0.2, 0.25) is 0 Å². The summed E-state index contributed by atoms with van der Waals surface area (Å²) in [5.74, 6) is -1.06. The van der Waals surface area contributed by atoms with Crippen molar-refractivity contribution in [2.24, 2.45) is 0 Å². The Morgan fingerprint density at radius 1 is 1.05 bits per heavy atom. The average Bonchev–Trinajstić information content (AvgIpc) is 2.27. The third-order valence-corrected chi connectivity index (χ3v) is 2.94.